The lowest BCUT2D eigenvalue weighted by Crippen LogP contribution is -2.21. The van der Waals surface area contributed by atoms with Crippen molar-refractivity contribution in [3.8, 4) is 0 Å². The highest BCUT2D eigenvalue weighted by Gasteiger charge is 2.32. The van der Waals surface area contributed by atoms with Crippen LogP contribution in [0.3, 0.4) is 0 Å². The van der Waals surface area contributed by atoms with Crippen LogP contribution in [0, 0.1) is 0 Å². The topological polar surface area (TPSA) is 3.24 Å². The van der Waals surface area contributed by atoms with E-state index < -0.39 is 11.7 Å². The summed E-state index contributed by atoms with van der Waals surface area (Å²) in [4.78, 5) is 2.01. The Hall–Kier alpha value is -3.53. The molecule has 1 heterocycles. The van der Waals surface area contributed by atoms with Crippen molar-refractivity contribution in [1.29, 1.82) is 0 Å². The van der Waals surface area contributed by atoms with Crippen LogP contribution in [0.1, 0.15) is 22.3 Å². The van der Waals surface area contributed by atoms with E-state index in [2.05, 4.69) is 18.2 Å². The summed E-state index contributed by atoms with van der Waals surface area (Å²) < 4.78 is 40.3. The van der Waals surface area contributed by atoms with E-state index in [0.717, 1.165) is 44.9 Å². The van der Waals surface area contributed by atoms with Gasteiger partial charge in [0.1, 0.15) is 0 Å². The zero-order valence-corrected chi connectivity index (χ0v) is 16.2. The fourth-order valence-electron chi connectivity index (χ4n) is 4.30. The maximum absolute atomic E-state index is 13.4. The molecule has 0 unspecified atom stereocenters. The predicted molar refractivity (Wildman–Crippen MR) is 116 cm³/mol. The van der Waals surface area contributed by atoms with Gasteiger partial charge in [-0.2, -0.15) is 13.2 Å². The van der Waals surface area contributed by atoms with Gasteiger partial charge in [0.2, 0.25) is 0 Å². The molecule has 0 atom stereocenters. The first-order valence-corrected chi connectivity index (χ1v) is 9.68. The van der Waals surface area contributed by atoms with Crippen LogP contribution in [-0.4, -0.2) is 7.05 Å². The Morgan fingerprint density at radius 2 is 1.37 bits per heavy atom. The molecule has 5 rings (SSSR count). The minimum absolute atomic E-state index is 0.540. The molecule has 1 aliphatic heterocycles. The maximum Gasteiger partial charge on any atom is 0.416 e. The standard InChI is InChI=1S/C26H18F3N/c1-30-22-15-7-11-17-10-6-14-21(23(17)22)24(18-8-3-2-4-9-18)25(30)19-12-5-13-20(16-19)26(27,28)29/h2-16H,1H3. The number of anilines is 1. The van der Waals surface area contributed by atoms with Gasteiger partial charge in [0.25, 0.3) is 0 Å². The van der Waals surface area contributed by atoms with Gasteiger partial charge < -0.3 is 4.90 Å². The molecule has 0 aromatic heterocycles. The van der Waals surface area contributed by atoms with Gasteiger partial charge >= 0.3 is 6.18 Å². The van der Waals surface area contributed by atoms with Gasteiger partial charge in [-0.05, 0) is 40.3 Å². The average molecular weight is 401 g/mol. The van der Waals surface area contributed by atoms with Gasteiger partial charge in [0.15, 0.2) is 0 Å². The van der Waals surface area contributed by atoms with Crippen molar-refractivity contribution < 1.29 is 13.2 Å². The van der Waals surface area contributed by atoms with Gasteiger partial charge in [-0.25, -0.2) is 0 Å². The number of hydrogen-bond acceptors (Lipinski definition) is 1. The lowest BCUT2D eigenvalue weighted by Gasteiger charge is -2.33. The molecule has 148 valence electrons. The quantitative estimate of drug-likeness (QED) is 0.343. The molecule has 0 saturated carbocycles. The summed E-state index contributed by atoms with van der Waals surface area (Å²) in [6.45, 7) is 0. The highest BCUT2D eigenvalue weighted by Crippen LogP contribution is 2.46. The third kappa shape index (κ3) is 2.88. The molecule has 0 saturated heterocycles. The summed E-state index contributed by atoms with van der Waals surface area (Å²) in [7, 11) is 1.92. The van der Waals surface area contributed by atoms with Gasteiger partial charge in [0, 0.05) is 23.7 Å². The first-order valence-electron chi connectivity index (χ1n) is 9.68. The minimum Gasteiger partial charge on any atom is -0.343 e. The summed E-state index contributed by atoms with van der Waals surface area (Å²) in [5.41, 5.74) is 4.57. The largest absolute Gasteiger partial charge is 0.416 e. The fraction of sp³-hybridized carbons (Fsp3) is 0.0769. The van der Waals surface area contributed by atoms with Gasteiger partial charge in [-0.3, -0.25) is 0 Å². The summed E-state index contributed by atoms with van der Waals surface area (Å²) in [6.07, 6.45) is -4.39. The third-order valence-electron chi connectivity index (χ3n) is 5.61. The Morgan fingerprint density at radius 3 is 2.10 bits per heavy atom. The van der Waals surface area contributed by atoms with Crippen LogP contribution in [0.5, 0.6) is 0 Å². The lowest BCUT2D eigenvalue weighted by atomic mass is 9.85. The molecular weight excluding hydrogens is 383 g/mol. The van der Waals surface area contributed by atoms with E-state index in [-0.39, 0.29) is 0 Å². The minimum atomic E-state index is -4.39. The zero-order valence-electron chi connectivity index (χ0n) is 16.2. The Kier molecular flexibility index (Phi) is 4.17. The van der Waals surface area contributed by atoms with Crippen molar-refractivity contribution in [3.05, 3.63) is 113 Å². The van der Waals surface area contributed by atoms with Crippen LogP contribution in [-0.2, 0) is 6.18 Å². The van der Waals surface area contributed by atoms with Crippen molar-refractivity contribution in [2.45, 2.75) is 6.18 Å². The molecule has 0 fully saturated rings. The van der Waals surface area contributed by atoms with Gasteiger partial charge in [0.05, 0.1) is 11.3 Å². The van der Waals surface area contributed by atoms with Crippen LogP contribution < -0.4 is 4.90 Å². The summed E-state index contributed by atoms with van der Waals surface area (Å²) in [5, 5.41) is 2.21. The monoisotopic (exact) mass is 401 g/mol. The Bertz CT molecular complexity index is 1280. The molecule has 4 heteroatoms. The van der Waals surface area contributed by atoms with Crippen LogP contribution >= 0.6 is 0 Å². The number of halogens is 3. The molecule has 0 bridgehead atoms. The highest BCUT2D eigenvalue weighted by molar-refractivity contribution is 6.17. The molecule has 1 nitrogen and oxygen atoms in total. The third-order valence-corrected chi connectivity index (χ3v) is 5.61. The SMILES string of the molecule is CN1C(c2cccc(C(F)(F)F)c2)=C(c2ccccc2)c2cccc3cccc1c23. The molecule has 0 amide bonds. The number of benzene rings is 4. The summed E-state index contributed by atoms with van der Waals surface area (Å²) in [5.74, 6) is 0. The molecule has 0 N–H and O–H groups in total. The molecule has 0 spiro atoms. The first-order chi connectivity index (χ1) is 14.4. The molecule has 0 radical (unpaired) electrons. The molecule has 30 heavy (non-hydrogen) atoms. The highest BCUT2D eigenvalue weighted by atomic mass is 19.4. The van der Waals surface area contributed by atoms with E-state index in [4.69, 9.17) is 0 Å². The Balaban J connectivity index is 1.88. The second-order valence-electron chi connectivity index (χ2n) is 7.41. The van der Waals surface area contributed by atoms with Crippen molar-refractivity contribution in [1.82, 2.24) is 0 Å². The molecule has 1 aliphatic rings. The second kappa shape index (κ2) is 6.77. The molecule has 0 aliphatic carbocycles. The van der Waals surface area contributed by atoms with Crippen molar-refractivity contribution in [2.24, 2.45) is 0 Å². The van der Waals surface area contributed by atoms with Crippen molar-refractivity contribution >= 4 is 27.7 Å². The number of hydrogen-bond donors (Lipinski definition) is 0. The number of nitrogens with zero attached hydrogens (tertiary/aromatic N) is 1. The molecular formula is C26H18F3N. The smallest absolute Gasteiger partial charge is 0.343 e. The van der Waals surface area contributed by atoms with E-state index in [0.29, 0.717) is 5.56 Å². The van der Waals surface area contributed by atoms with Crippen LogP contribution in [0.2, 0.25) is 0 Å². The van der Waals surface area contributed by atoms with Gasteiger partial charge in [-0.1, -0.05) is 72.8 Å². The summed E-state index contributed by atoms with van der Waals surface area (Å²) in [6, 6.07) is 27.6. The van der Waals surface area contributed by atoms with E-state index in [1.54, 1.807) is 6.07 Å². The fourth-order valence-corrected chi connectivity index (χ4v) is 4.30. The average Bonchev–Trinajstić information content (AvgIpc) is 2.76. The van der Waals surface area contributed by atoms with E-state index >= 15 is 0 Å². The molecule has 4 aromatic carbocycles. The summed E-state index contributed by atoms with van der Waals surface area (Å²) >= 11 is 0. The van der Waals surface area contributed by atoms with Crippen molar-refractivity contribution in [2.75, 3.05) is 11.9 Å². The van der Waals surface area contributed by atoms with Crippen LogP contribution in [0.4, 0.5) is 18.9 Å². The van der Waals surface area contributed by atoms with E-state index in [9.17, 15) is 13.2 Å². The second-order valence-corrected chi connectivity index (χ2v) is 7.41. The predicted octanol–water partition coefficient (Wildman–Crippen LogP) is 7.23. The first kappa shape index (κ1) is 18.5. The zero-order chi connectivity index (χ0) is 20.9. The number of alkyl halides is 3. The van der Waals surface area contributed by atoms with Gasteiger partial charge in [-0.15, -0.1) is 0 Å². The van der Waals surface area contributed by atoms with Crippen LogP contribution in [0.25, 0.3) is 22.0 Å². The normalized spacial score (nSPS) is 13.8. The molecule has 4 aromatic rings. The lowest BCUT2D eigenvalue weighted by molar-refractivity contribution is -0.137. The Morgan fingerprint density at radius 1 is 0.700 bits per heavy atom. The maximum atomic E-state index is 13.4. The Labute approximate surface area is 172 Å². The number of rotatable bonds is 2. The van der Waals surface area contributed by atoms with Crippen molar-refractivity contribution in [3.63, 3.8) is 0 Å². The van der Waals surface area contributed by atoms with E-state index in [1.165, 1.54) is 12.1 Å². The van der Waals surface area contributed by atoms with Crippen LogP contribution in [0.15, 0.2) is 91.0 Å². The van der Waals surface area contributed by atoms with E-state index in [1.807, 2.05) is 60.5 Å².